The number of hydrogen-bond donors (Lipinski definition) is 1. The summed E-state index contributed by atoms with van der Waals surface area (Å²) in [5.74, 6) is 1.91. The van der Waals surface area contributed by atoms with E-state index in [1.807, 2.05) is 18.3 Å². The molecule has 4 rings (SSSR count). The summed E-state index contributed by atoms with van der Waals surface area (Å²) in [6, 6.07) is 18.7. The SMILES string of the molecule is CCC(Nc1nccc2ccccc12)N1CCN(c2ccccc2OC)CC1. The van der Waals surface area contributed by atoms with Gasteiger partial charge in [0.15, 0.2) is 0 Å². The fourth-order valence-electron chi connectivity index (χ4n) is 4.01. The summed E-state index contributed by atoms with van der Waals surface area (Å²) in [6.07, 6.45) is 3.19. The Morgan fingerprint density at radius 3 is 2.54 bits per heavy atom. The minimum absolute atomic E-state index is 0.276. The number of benzene rings is 2. The van der Waals surface area contributed by atoms with Gasteiger partial charge in [-0.15, -0.1) is 0 Å². The summed E-state index contributed by atoms with van der Waals surface area (Å²) in [5, 5.41) is 6.09. The van der Waals surface area contributed by atoms with Crippen molar-refractivity contribution < 1.29 is 4.74 Å². The van der Waals surface area contributed by atoms with Gasteiger partial charge in [-0.2, -0.15) is 0 Å². The van der Waals surface area contributed by atoms with Gasteiger partial charge in [0.25, 0.3) is 0 Å². The third kappa shape index (κ3) is 3.76. The molecule has 2 heterocycles. The Hall–Kier alpha value is -2.79. The molecule has 0 saturated carbocycles. The first-order chi connectivity index (χ1) is 13.8. The Labute approximate surface area is 166 Å². The lowest BCUT2D eigenvalue weighted by Gasteiger charge is -2.40. The van der Waals surface area contributed by atoms with Crippen LogP contribution in [0.15, 0.2) is 60.8 Å². The van der Waals surface area contributed by atoms with Crippen LogP contribution >= 0.6 is 0 Å². The molecule has 5 heteroatoms. The van der Waals surface area contributed by atoms with Crippen molar-refractivity contribution in [3.8, 4) is 5.75 Å². The molecule has 1 atom stereocenters. The van der Waals surface area contributed by atoms with Crippen LogP contribution in [0.1, 0.15) is 13.3 Å². The average molecular weight is 377 g/mol. The van der Waals surface area contributed by atoms with E-state index in [9.17, 15) is 0 Å². The molecule has 0 bridgehead atoms. The highest BCUT2D eigenvalue weighted by Gasteiger charge is 2.24. The van der Waals surface area contributed by atoms with Crippen LogP contribution < -0.4 is 15.0 Å². The number of aromatic nitrogens is 1. The fraction of sp³-hybridized carbons (Fsp3) is 0.348. The zero-order valence-electron chi connectivity index (χ0n) is 16.6. The molecular formula is C23H28N4O. The van der Waals surface area contributed by atoms with E-state index in [2.05, 4.69) is 69.5 Å². The fourth-order valence-corrected chi connectivity index (χ4v) is 4.01. The third-order valence-electron chi connectivity index (χ3n) is 5.54. The Balaban J connectivity index is 1.45. The first kappa shape index (κ1) is 18.6. The molecule has 1 aliphatic rings. The summed E-state index contributed by atoms with van der Waals surface area (Å²) in [7, 11) is 1.74. The van der Waals surface area contributed by atoms with Gasteiger partial charge >= 0.3 is 0 Å². The number of rotatable bonds is 6. The van der Waals surface area contributed by atoms with Gasteiger partial charge in [0.05, 0.1) is 19.0 Å². The van der Waals surface area contributed by atoms with Crippen LogP contribution in [0.25, 0.3) is 10.8 Å². The standard InChI is InChI=1S/C23H28N4O/c1-3-22(25-23-19-9-5-4-8-18(19)12-13-24-23)27-16-14-26(15-17-27)20-10-6-7-11-21(20)28-2/h4-13,22H,3,14-17H2,1-2H3,(H,24,25). The second-order valence-electron chi connectivity index (χ2n) is 7.14. The maximum absolute atomic E-state index is 5.54. The molecule has 0 amide bonds. The lowest BCUT2D eigenvalue weighted by molar-refractivity contribution is 0.198. The molecule has 28 heavy (non-hydrogen) atoms. The Kier molecular flexibility index (Phi) is 5.63. The molecule has 1 unspecified atom stereocenters. The van der Waals surface area contributed by atoms with E-state index in [0.717, 1.165) is 44.2 Å². The van der Waals surface area contributed by atoms with Crippen molar-refractivity contribution >= 4 is 22.3 Å². The molecule has 0 aliphatic carbocycles. The molecule has 2 aromatic carbocycles. The molecule has 146 valence electrons. The number of piperazine rings is 1. The van der Waals surface area contributed by atoms with Crippen molar-refractivity contribution in [2.45, 2.75) is 19.5 Å². The number of nitrogens with zero attached hydrogens (tertiary/aromatic N) is 3. The average Bonchev–Trinajstić information content (AvgIpc) is 2.77. The van der Waals surface area contributed by atoms with Crippen molar-refractivity contribution in [2.24, 2.45) is 0 Å². The first-order valence-electron chi connectivity index (χ1n) is 10.0. The second kappa shape index (κ2) is 8.48. The highest BCUT2D eigenvalue weighted by molar-refractivity contribution is 5.91. The van der Waals surface area contributed by atoms with Gasteiger partial charge in [-0.25, -0.2) is 4.98 Å². The van der Waals surface area contributed by atoms with E-state index in [1.54, 1.807) is 7.11 Å². The van der Waals surface area contributed by atoms with Gasteiger partial charge in [0.1, 0.15) is 11.6 Å². The normalized spacial score (nSPS) is 16.1. The summed E-state index contributed by atoms with van der Waals surface area (Å²) in [6.45, 7) is 6.22. The van der Waals surface area contributed by atoms with Gasteiger partial charge < -0.3 is 15.0 Å². The monoisotopic (exact) mass is 376 g/mol. The zero-order valence-corrected chi connectivity index (χ0v) is 16.6. The minimum Gasteiger partial charge on any atom is -0.495 e. The first-order valence-corrected chi connectivity index (χ1v) is 10.0. The summed E-state index contributed by atoms with van der Waals surface area (Å²) >= 11 is 0. The maximum Gasteiger partial charge on any atom is 0.142 e. The smallest absolute Gasteiger partial charge is 0.142 e. The third-order valence-corrected chi connectivity index (χ3v) is 5.54. The van der Waals surface area contributed by atoms with Crippen LogP contribution in [0.5, 0.6) is 5.75 Å². The van der Waals surface area contributed by atoms with E-state index in [-0.39, 0.29) is 6.17 Å². The van der Waals surface area contributed by atoms with Crippen molar-refractivity contribution in [3.05, 3.63) is 60.8 Å². The number of para-hydroxylation sites is 2. The van der Waals surface area contributed by atoms with Gasteiger partial charge in [0.2, 0.25) is 0 Å². The molecule has 1 aliphatic heterocycles. The van der Waals surface area contributed by atoms with Crippen LogP contribution in [-0.2, 0) is 0 Å². The number of hydrogen-bond acceptors (Lipinski definition) is 5. The number of nitrogens with one attached hydrogen (secondary N) is 1. The van der Waals surface area contributed by atoms with Crippen LogP contribution in [0.3, 0.4) is 0 Å². The highest BCUT2D eigenvalue weighted by Crippen LogP contribution is 2.29. The Bertz CT molecular complexity index is 916. The molecule has 3 aromatic rings. The minimum atomic E-state index is 0.276. The van der Waals surface area contributed by atoms with Gasteiger partial charge in [-0.05, 0) is 30.0 Å². The largest absolute Gasteiger partial charge is 0.495 e. The van der Waals surface area contributed by atoms with Gasteiger partial charge in [-0.3, -0.25) is 4.90 Å². The zero-order chi connectivity index (χ0) is 19.3. The molecule has 1 aromatic heterocycles. The van der Waals surface area contributed by atoms with Crippen LogP contribution in [0.2, 0.25) is 0 Å². The maximum atomic E-state index is 5.54. The van der Waals surface area contributed by atoms with Crippen molar-refractivity contribution in [2.75, 3.05) is 43.5 Å². The molecule has 1 fully saturated rings. The summed E-state index contributed by atoms with van der Waals surface area (Å²) in [4.78, 5) is 9.55. The summed E-state index contributed by atoms with van der Waals surface area (Å²) in [5.41, 5.74) is 1.18. The number of anilines is 2. The molecule has 5 nitrogen and oxygen atoms in total. The molecule has 1 N–H and O–H groups in total. The molecular weight excluding hydrogens is 348 g/mol. The molecule has 0 radical (unpaired) electrons. The lowest BCUT2D eigenvalue weighted by Crippen LogP contribution is -2.52. The number of pyridine rings is 1. The van der Waals surface area contributed by atoms with E-state index < -0.39 is 0 Å². The van der Waals surface area contributed by atoms with Crippen molar-refractivity contribution in [1.29, 1.82) is 0 Å². The second-order valence-corrected chi connectivity index (χ2v) is 7.14. The van der Waals surface area contributed by atoms with E-state index >= 15 is 0 Å². The summed E-state index contributed by atoms with van der Waals surface area (Å²) < 4.78 is 5.54. The van der Waals surface area contributed by atoms with E-state index in [0.29, 0.717) is 0 Å². The highest BCUT2D eigenvalue weighted by atomic mass is 16.5. The Morgan fingerprint density at radius 1 is 1.00 bits per heavy atom. The topological polar surface area (TPSA) is 40.6 Å². The van der Waals surface area contributed by atoms with E-state index in [4.69, 9.17) is 4.74 Å². The van der Waals surface area contributed by atoms with E-state index in [1.165, 1.54) is 16.5 Å². The predicted molar refractivity (Wildman–Crippen MR) is 116 cm³/mol. The molecule has 1 saturated heterocycles. The number of fused-ring (bicyclic) bond motifs is 1. The van der Waals surface area contributed by atoms with Crippen molar-refractivity contribution in [3.63, 3.8) is 0 Å². The van der Waals surface area contributed by atoms with Crippen molar-refractivity contribution in [1.82, 2.24) is 9.88 Å². The lowest BCUT2D eigenvalue weighted by atomic mass is 10.1. The van der Waals surface area contributed by atoms with Gasteiger partial charge in [0, 0.05) is 37.8 Å². The Morgan fingerprint density at radius 2 is 1.75 bits per heavy atom. The number of ether oxygens (including phenoxy) is 1. The van der Waals surface area contributed by atoms with Gasteiger partial charge in [-0.1, -0.05) is 43.3 Å². The molecule has 0 spiro atoms. The van der Waals surface area contributed by atoms with Crippen LogP contribution in [0.4, 0.5) is 11.5 Å². The van der Waals surface area contributed by atoms with Crippen LogP contribution in [0, 0.1) is 0 Å². The predicted octanol–water partition coefficient (Wildman–Crippen LogP) is 4.21. The quantitative estimate of drug-likeness (QED) is 0.698. The number of methoxy groups -OCH3 is 1. The van der Waals surface area contributed by atoms with Crippen LogP contribution in [-0.4, -0.2) is 49.3 Å².